The zero-order valence-corrected chi connectivity index (χ0v) is 16.7. The van der Waals surface area contributed by atoms with Crippen LogP contribution in [0.2, 0.25) is 0 Å². The van der Waals surface area contributed by atoms with Crippen molar-refractivity contribution in [2.24, 2.45) is 11.5 Å². The van der Waals surface area contributed by atoms with Crippen LogP contribution in [-0.4, -0.2) is 35.6 Å². The first-order chi connectivity index (χ1) is 13.0. The van der Waals surface area contributed by atoms with E-state index < -0.39 is 0 Å². The summed E-state index contributed by atoms with van der Waals surface area (Å²) in [5.41, 5.74) is 15.7. The summed E-state index contributed by atoms with van der Waals surface area (Å²) in [5, 5.41) is -0.0771. The van der Waals surface area contributed by atoms with E-state index in [4.69, 9.17) is 16.2 Å². The van der Waals surface area contributed by atoms with Crippen LogP contribution in [0.5, 0.6) is 0 Å². The maximum atomic E-state index is 6.23. The predicted octanol–water partition coefficient (Wildman–Crippen LogP) is 2.89. The molecule has 1 unspecified atom stereocenters. The Morgan fingerprint density at radius 1 is 1.30 bits per heavy atom. The summed E-state index contributed by atoms with van der Waals surface area (Å²) in [6.45, 7) is 5.96. The standard InChI is InChI=1S/C20H27N5OS/c1-13(2)26-18-6-9-25(16-10-19(22)27-20(16)18)17-11-23-7-5-15(17)24-8-3-4-14(21)12-24/h5-7,9-11,13-14,19H,3-4,8,12,21-22H2,1-2H3/t14-,19?/m0/s1. The number of hydrogen-bond donors (Lipinski definition) is 2. The second-order valence-corrected chi connectivity index (χ2v) is 8.58. The lowest BCUT2D eigenvalue weighted by molar-refractivity contribution is 0.156. The topological polar surface area (TPSA) is 80.6 Å². The molecular formula is C20H27N5OS. The largest absolute Gasteiger partial charge is 0.490 e. The fourth-order valence-electron chi connectivity index (χ4n) is 3.75. The lowest BCUT2D eigenvalue weighted by atomic mass is 10.1. The van der Waals surface area contributed by atoms with E-state index in [1.165, 1.54) is 0 Å². The minimum absolute atomic E-state index is 0.0771. The summed E-state index contributed by atoms with van der Waals surface area (Å²) in [7, 11) is 0. The summed E-state index contributed by atoms with van der Waals surface area (Å²) in [6.07, 6.45) is 12.2. The number of rotatable bonds is 4. The average Bonchev–Trinajstić information content (AvgIpc) is 3.03. The first-order valence-corrected chi connectivity index (χ1v) is 10.4. The Labute approximate surface area is 164 Å². The van der Waals surface area contributed by atoms with Gasteiger partial charge in [0, 0.05) is 31.5 Å². The van der Waals surface area contributed by atoms with Gasteiger partial charge in [0.15, 0.2) is 0 Å². The van der Waals surface area contributed by atoms with Crippen molar-refractivity contribution in [3.05, 3.63) is 53.2 Å². The van der Waals surface area contributed by atoms with Gasteiger partial charge in [0.2, 0.25) is 0 Å². The van der Waals surface area contributed by atoms with E-state index in [1.54, 1.807) is 11.8 Å². The van der Waals surface area contributed by atoms with E-state index in [1.807, 2.05) is 32.3 Å². The highest BCUT2D eigenvalue weighted by Gasteiger charge is 2.32. The summed E-state index contributed by atoms with van der Waals surface area (Å²) in [5.74, 6) is 0.885. The molecule has 4 rings (SSSR count). The maximum Gasteiger partial charge on any atom is 0.136 e. The minimum Gasteiger partial charge on any atom is -0.490 e. The number of allylic oxidation sites excluding steroid dienone is 1. The fraction of sp³-hybridized carbons (Fsp3) is 0.450. The van der Waals surface area contributed by atoms with Crippen molar-refractivity contribution in [1.29, 1.82) is 0 Å². The third kappa shape index (κ3) is 3.72. The van der Waals surface area contributed by atoms with Gasteiger partial charge in [-0.25, -0.2) is 0 Å². The molecule has 7 heteroatoms. The molecule has 0 bridgehead atoms. The second-order valence-electron chi connectivity index (χ2n) is 7.39. The van der Waals surface area contributed by atoms with Gasteiger partial charge < -0.3 is 26.0 Å². The highest BCUT2D eigenvalue weighted by Crippen LogP contribution is 2.45. The zero-order valence-electron chi connectivity index (χ0n) is 15.8. The number of nitrogens with zero attached hydrogens (tertiary/aromatic N) is 3. The van der Waals surface area contributed by atoms with Crippen LogP contribution in [0.3, 0.4) is 0 Å². The van der Waals surface area contributed by atoms with Crippen LogP contribution in [0.15, 0.2) is 53.2 Å². The van der Waals surface area contributed by atoms with Gasteiger partial charge in [0.05, 0.1) is 39.7 Å². The normalized spacial score (nSPS) is 25.1. The lowest BCUT2D eigenvalue weighted by Gasteiger charge is -2.36. The molecule has 0 aromatic carbocycles. The van der Waals surface area contributed by atoms with Gasteiger partial charge in [-0.3, -0.25) is 4.98 Å². The van der Waals surface area contributed by atoms with Gasteiger partial charge in [0.1, 0.15) is 5.76 Å². The Morgan fingerprint density at radius 2 is 2.15 bits per heavy atom. The summed E-state index contributed by atoms with van der Waals surface area (Å²) < 4.78 is 6.00. The number of nitrogens with two attached hydrogens (primary N) is 2. The Balaban J connectivity index is 1.70. The molecule has 0 radical (unpaired) electrons. The predicted molar refractivity (Wildman–Crippen MR) is 112 cm³/mol. The van der Waals surface area contributed by atoms with E-state index in [9.17, 15) is 0 Å². The highest BCUT2D eigenvalue weighted by molar-refractivity contribution is 8.04. The molecule has 27 heavy (non-hydrogen) atoms. The summed E-state index contributed by atoms with van der Waals surface area (Å²) in [6, 6.07) is 2.29. The van der Waals surface area contributed by atoms with E-state index in [0.717, 1.165) is 53.7 Å². The first-order valence-electron chi connectivity index (χ1n) is 9.50. The van der Waals surface area contributed by atoms with E-state index in [2.05, 4.69) is 33.1 Å². The van der Waals surface area contributed by atoms with Gasteiger partial charge in [-0.05, 0) is 44.9 Å². The van der Waals surface area contributed by atoms with Gasteiger partial charge in [0.25, 0.3) is 0 Å². The molecule has 0 aliphatic carbocycles. The van der Waals surface area contributed by atoms with Crippen LogP contribution in [0.4, 0.5) is 11.4 Å². The second kappa shape index (κ2) is 7.58. The lowest BCUT2D eigenvalue weighted by Crippen LogP contribution is -2.43. The Bertz CT molecular complexity index is 803. The van der Waals surface area contributed by atoms with Gasteiger partial charge >= 0.3 is 0 Å². The van der Waals surface area contributed by atoms with Crippen LogP contribution in [0.25, 0.3) is 0 Å². The molecule has 1 aromatic heterocycles. The molecule has 4 heterocycles. The van der Waals surface area contributed by atoms with Crippen LogP contribution >= 0.6 is 11.8 Å². The van der Waals surface area contributed by atoms with E-state index in [-0.39, 0.29) is 17.5 Å². The summed E-state index contributed by atoms with van der Waals surface area (Å²) >= 11 is 1.63. The van der Waals surface area contributed by atoms with Crippen molar-refractivity contribution in [2.45, 2.75) is 44.2 Å². The monoisotopic (exact) mass is 385 g/mol. The van der Waals surface area contributed by atoms with Crippen LogP contribution in [0, 0.1) is 0 Å². The third-order valence-electron chi connectivity index (χ3n) is 4.87. The zero-order chi connectivity index (χ0) is 19.0. The van der Waals surface area contributed by atoms with Crippen molar-refractivity contribution >= 4 is 23.1 Å². The van der Waals surface area contributed by atoms with E-state index in [0.29, 0.717) is 0 Å². The highest BCUT2D eigenvalue weighted by atomic mass is 32.2. The molecule has 1 fully saturated rings. The van der Waals surface area contributed by atoms with Crippen molar-refractivity contribution in [2.75, 3.05) is 22.9 Å². The Kier molecular flexibility index (Phi) is 5.16. The van der Waals surface area contributed by atoms with Crippen LogP contribution in [0.1, 0.15) is 26.7 Å². The van der Waals surface area contributed by atoms with Gasteiger partial charge in [-0.2, -0.15) is 0 Å². The molecule has 144 valence electrons. The minimum atomic E-state index is -0.0771. The first kappa shape index (κ1) is 18.4. The molecule has 3 aliphatic heterocycles. The Hall–Kier alpha value is -1.96. The number of aromatic nitrogens is 1. The molecule has 3 aliphatic rings. The average molecular weight is 386 g/mol. The quantitative estimate of drug-likeness (QED) is 0.825. The number of pyridine rings is 1. The fourth-order valence-corrected chi connectivity index (χ4v) is 4.74. The molecule has 0 saturated carbocycles. The molecular weight excluding hydrogens is 358 g/mol. The third-order valence-corrected chi connectivity index (χ3v) is 5.92. The number of anilines is 2. The van der Waals surface area contributed by atoms with Crippen molar-refractivity contribution < 1.29 is 4.74 Å². The van der Waals surface area contributed by atoms with E-state index >= 15 is 0 Å². The number of fused-ring (bicyclic) bond motifs is 1. The van der Waals surface area contributed by atoms with Gasteiger partial charge in [-0.15, -0.1) is 0 Å². The SMILES string of the molecule is CC(C)OC1=C2SC(N)C=C2N(c2cnccc2N2CCC[C@H](N)C2)C=C1. The molecule has 1 saturated heterocycles. The van der Waals surface area contributed by atoms with Crippen LogP contribution in [-0.2, 0) is 4.74 Å². The number of ether oxygens (including phenoxy) is 1. The number of hydrogen-bond acceptors (Lipinski definition) is 7. The molecule has 0 amide bonds. The molecule has 6 nitrogen and oxygen atoms in total. The summed E-state index contributed by atoms with van der Waals surface area (Å²) in [4.78, 5) is 10.0. The maximum absolute atomic E-state index is 6.23. The van der Waals surface area contributed by atoms with Crippen molar-refractivity contribution in [3.63, 3.8) is 0 Å². The number of thioether (sulfide) groups is 1. The molecule has 1 aromatic rings. The molecule has 4 N–H and O–H groups in total. The smallest absolute Gasteiger partial charge is 0.136 e. The Morgan fingerprint density at radius 3 is 2.93 bits per heavy atom. The van der Waals surface area contributed by atoms with Crippen LogP contribution < -0.4 is 21.3 Å². The number of piperidine rings is 1. The van der Waals surface area contributed by atoms with Gasteiger partial charge in [-0.1, -0.05) is 11.8 Å². The molecule has 0 spiro atoms. The van der Waals surface area contributed by atoms with Crippen molar-refractivity contribution in [3.8, 4) is 0 Å². The van der Waals surface area contributed by atoms with Crippen molar-refractivity contribution in [1.82, 2.24) is 4.98 Å². The molecule has 2 atom stereocenters.